The monoisotopic (exact) mass is 655 g/mol. The Morgan fingerprint density at radius 3 is 2.60 bits per heavy atom. The summed E-state index contributed by atoms with van der Waals surface area (Å²) in [4.78, 5) is 41.0. The minimum atomic E-state index is -3.37. The molecule has 11 nitrogen and oxygen atoms in total. The van der Waals surface area contributed by atoms with Gasteiger partial charge in [-0.05, 0) is 44.9 Å². The van der Waals surface area contributed by atoms with E-state index in [-0.39, 0.29) is 41.4 Å². The van der Waals surface area contributed by atoms with Crippen LogP contribution in [-0.4, -0.2) is 99.9 Å². The lowest BCUT2D eigenvalue weighted by molar-refractivity contribution is -0.221. The van der Waals surface area contributed by atoms with E-state index in [1.54, 1.807) is 5.38 Å². The molecule has 2 aromatic rings. The van der Waals surface area contributed by atoms with Crippen LogP contribution in [0.2, 0.25) is 0 Å². The van der Waals surface area contributed by atoms with E-state index in [2.05, 4.69) is 15.3 Å². The Hall–Kier alpha value is -3.44. The van der Waals surface area contributed by atoms with Crippen molar-refractivity contribution in [2.45, 2.75) is 57.3 Å². The Labute approximate surface area is 260 Å². The van der Waals surface area contributed by atoms with Crippen molar-refractivity contribution in [3.63, 3.8) is 0 Å². The molecule has 16 heteroatoms. The number of carbonyl (C=O) groups is 2. The maximum Gasteiger partial charge on any atom is 0.338 e. The highest BCUT2D eigenvalue weighted by Gasteiger charge is 2.62. The first-order valence-corrected chi connectivity index (χ1v) is 14.9. The fourth-order valence-electron chi connectivity index (χ4n) is 5.77. The van der Waals surface area contributed by atoms with Gasteiger partial charge in [0.15, 0.2) is 22.5 Å². The number of nitrogens with zero attached hydrogens (tertiary/aromatic N) is 4. The number of nitrogens with one attached hydrogen (secondary N) is 1. The van der Waals surface area contributed by atoms with Gasteiger partial charge in [0, 0.05) is 23.8 Å². The van der Waals surface area contributed by atoms with Gasteiger partial charge < -0.3 is 20.3 Å². The summed E-state index contributed by atoms with van der Waals surface area (Å²) >= 11 is 1.22. The molecule has 0 radical (unpaired) electrons. The van der Waals surface area contributed by atoms with Crippen molar-refractivity contribution >= 4 is 29.1 Å². The minimum Gasteiger partial charge on any atom is -0.481 e. The van der Waals surface area contributed by atoms with E-state index in [0.717, 1.165) is 18.2 Å². The van der Waals surface area contributed by atoms with Crippen LogP contribution in [-0.2, 0) is 19.2 Å². The summed E-state index contributed by atoms with van der Waals surface area (Å²) < 4.78 is 65.2. The number of likely N-dealkylation sites (tertiary alicyclic amines) is 1. The summed E-state index contributed by atoms with van der Waals surface area (Å²) in [6.07, 6.45) is 1.53. The lowest BCUT2D eigenvalue weighted by atomic mass is 9.75. The summed E-state index contributed by atoms with van der Waals surface area (Å²) in [5.74, 6) is -7.53. The summed E-state index contributed by atoms with van der Waals surface area (Å²) in [5, 5.41) is 26.7. The Morgan fingerprint density at radius 2 is 1.98 bits per heavy atom. The zero-order valence-corrected chi connectivity index (χ0v) is 25.9. The maximum atomic E-state index is 15.7. The Bertz CT molecular complexity index is 1560. The number of rotatable bonds is 9. The molecule has 45 heavy (non-hydrogen) atoms. The van der Waals surface area contributed by atoms with Gasteiger partial charge in [0.2, 0.25) is 0 Å². The van der Waals surface area contributed by atoms with E-state index in [1.165, 1.54) is 56.2 Å². The summed E-state index contributed by atoms with van der Waals surface area (Å²) in [5.41, 5.74) is -3.49. The number of carboxylic acids is 1. The van der Waals surface area contributed by atoms with Crippen molar-refractivity contribution < 1.29 is 46.9 Å². The molecule has 0 aliphatic carbocycles. The number of alkyl halides is 2. The molecule has 1 aromatic carbocycles. The highest BCUT2D eigenvalue weighted by molar-refractivity contribution is 7.11. The highest BCUT2D eigenvalue weighted by Crippen LogP contribution is 2.44. The topological polar surface area (TPSA) is 137 Å². The van der Waals surface area contributed by atoms with Crippen LogP contribution in [0.3, 0.4) is 0 Å². The van der Waals surface area contributed by atoms with Crippen molar-refractivity contribution in [2.24, 2.45) is 10.4 Å². The lowest BCUT2D eigenvalue weighted by Crippen LogP contribution is -2.57. The third-order valence-corrected chi connectivity index (χ3v) is 9.73. The number of aliphatic hydroxyl groups is 1. The first-order chi connectivity index (χ1) is 21.0. The van der Waals surface area contributed by atoms with E-state index in [0.29, 0.717) is 5.01 Å². The number of methoxy groups -OCH3 is 1. The van der Waals surface area contributed by atoms with Crippen molar-refractivity contribution in [1.82, 2.24) is 20.3 Å². The molecule has 2 fully saturated rings. The molecule has 3 aliphatic heterocycles. The number of benzene rings is 1. The molecule has 1 aromatic heterocycles. The standard InChI is InChI=1S/C29H33F4N5O6S/c1-14-15(6-7-16(30)20(14)31)21-19(25(39)43-5)17(35-23(36-21)24-34-8-9-45-24)10-37-13-29(32,33)22-18(37)11-44-38(22)12-28(4,42)27(2,3)26(40)41/h6-9,18,21-22,42H,10-13H2,1-5H3,(H,35,36)(H,40,41)/t18-,21-,22+,28-/m0/s1. The predicted octanol–water partition coefficient (Wildman–Crippen LogP) is 3.05. The number of β-amino-alcohol motifs (C(OH)–C–C–N with tert-alkyl or cyclic N) is 1. The second-order valence-electron chi connectivity index (χ2n) is 12.1. The zero-order valence-electron chi connectivity index (χ0n) is 25.1. The number of hydrogen-bond acceptors (Lipinski definition) is 11. The van der Waals surface area contributed by atoms with Crippen molar-refractivity contribution in [2.75, 3.05) is 33.4 Å². The number of ether oxygens (including phenoxy) is 1. The fraction of sp³-hybridized carbons (Fsp3) is 0.517. The summed E-state index contributed by atoms with van der Waals surface area (Å²) in [7, 11) is 1.13. The number of hydroxylamine groups is 2. The Morgan fingerprint density at radius 1 is 1.27 bits per heavy atom. The van der Waals surface area contributed by atoms with Gasteiger partial charge in [-0.1, -0.05) is 6.07 Å². The number of amidine groups is 1. The Kier molecular flexibility index (Phi) is 8.59. The van der Waals surface area contributed by atoms with Gasteiger partial charge in [-0.25, -0.2) is 27.3 Å². The number of carboxylic acid groups (broad SMARTS) is 1. The normalized spacial score (nSPS) is 25.0. The quantitative estimate of drug-likeness (QED) is 0.273. The molecule has 0 spiro atoms. The third-order valence-electron chi connectivity index (χ3n) is 8.95. The Balaban J connectivity index is 1.52. The second-order valence-corrected chi connectivity index (χ2v) is 12.9. The van der Waals surface area contributed by atoms with E-state index in [1.807, 2.05) is 0 Å². The highest BCUT2D eigenvalue weighted by atomic mass is 32.1. The number of aromatic nitrogens is 1. The minimum absolute atomic E-state index is 0.0828. The van der Waals surface area contributed by atoms with Crippen molar-refractivity contribution in [3.8, 4) is 0 Å². The van der Waals surface area contributed by atoms with E-state index in [4.69, 9.17) is 9.57 Å². The molecule has 4 atom stereocenters. The van der Waals surface area contributed by atoms with Gasteiger partial charge in [0.1, 0.15) is 12.1 Å². The molecule has 5 rings (SSSR count). The average Bonchev–Trinajstić information content (AvgIpc) is 3.70. The van der Waals surface area contributed by atoms with Crippen LogP contribution in [0.15, 0.2) is 40.0 Å². The molecule has 3 aliphatic rings. The van der Waals surface area contributed by atoms with Gasteiger partial charge >= 0.3 is 11.9 Å². The van der Waals surface area contributed by atoms with Crippen LogP contribution in [0, 0.1) is 24.0 Å². The largest absolute Gasteiger partial charge is 0.481 e. The van der Waals surface area contributed by atoms with Gasteiger partial charge in [0.25, 0.3) is 5.92 Å². The van der Waals surface area contributed by atoms with E-state index in [9.17, 15) is 28.6 Å². The van der Waals surface area contributed by atoms with E-state index >= 15 is 8.78 Å². The second kappa shape index (κ2) is 11.7. The molecular formula is C29H33F4N5O6S. The number of hydrogen-bond donors (Lipinski definition) is 3. The predicted molar refractivity (Wildman–Crippen MR) is 153 cm³/mol. The maximum absolute atomic E-state index is 15.7. The molecule has 0 unspecified atom stereocenters. The fourth-order valence-corrected chi connectivity index (χ4v) is 6.36. The summed E-state index contributed by atoms with van der Waals surface area (Å²) in [6, 6.07) is -1.44. The number of esters is 1. The molecule has 0 bridgehead atoms. The third kappa shape index (κ3) is 5.73. The number of aliphatic carboxylic acids is 1. The van der Waals surface area contributed by atoms with Gasteiger partial charge in [-0.3, -0.25) is 19.5 Å². The number of fused-ring (bicyclic) bond motifs is 1. The average molecular weight is 656 g/mol. The number of aliphatic imine (C=N–C) groups is 1. The van der Waals surface area contributed by atoms with Crippen LogP contribution < -0.4 is 5.32 Å². The molecule has 3 N–H and O–H groups in total. The first-order valence-electron chi connectivity index (χ1n) is 14.0. The first kappa shape index (κ1) is 32.9. The van der Waals surface area contributed by atoms with Crippen LogP contribution in [0.25, 0.3) is 0 Å². The molecule has 0 saturated carbocycles. The molecule has 0 amide bonds. The molecule has 4 heterocycles. The zero-order chi connectivity index (χ0) is 33.1. The number of halogens is 4. The van der Waals surface area contributed by atoms with Gasteiger partial charge in [-0.2, -0.15) is 5.06 Å². The SMILES string of the molecule is COC(=O)C1=C(CN2CC(F)(F)[C@H]3[C@@H]2CON3C[C@](C)(O)C(C)(C)C(=O)O)NC(c2nccs2)=N[C@H]1c1ccc(F)c(F)c1C. The number of carbonyl (C=O) groups excluding carboxylic acids is 1. The molecule has 2 saturated heterocycles. The van der Waals surface area contributed by atoms with Crippen LogP contribution >= 0.6 is 11.3 Å². The van der Waals surface area contributed by atoms with Crippen LogP contribution in [0.5, 0.6) is 0 Å². The van der Waals surface area contributed by atoms with E-state index < -0.39 is 71.7 Å². The van der Waals surface area contributed by atoms with Gasteiger partial charge in [-0.15, -0.1) is 11.3 Å². The van der Waals surface area contributed by atoms with Gasteiger partial charge in [0.05, 0.1) is 49.4 Å². The van der Waals surface area contributed by atoms with Crippen LogP contribution in [0.4, 0.5) is 17.6 Å². The van der Waals surface area contributed by atoms with Crippen molar-refractivity contribution in [1.29, 1.82) is 0 Å². The molecular weight excluding hydrogens is 622 g/mol. The molecule has 244 valence electrons. The number of thiazole rings is 1. The lowest BCUT2D eigenvalue weighted by Gasteiger charge is -2.40. The van der Waals surface area contributed by atoms with Crippen LogP contribution in [0.1, 0.15) is 42.9 Å². The summed E-state index contributed by atoms with van der Waals surface area (Å²) in [6.45, 7) is 3.47. The van der Waals surface area contributed by atoms with Crippen molar-refractivity contribution in [3.05, 3.63) is 62.7 Å². The smallest absolute Gasteiger partial charge is 0.338 e.